The third-order valence-electron chi connectivity index (χ3n) is 2.80. The second-order valence-corrected chi connectivity index (χ2v) is 5.52. The van der Waals surface area contributed by atoms with Gasteiger partial charge in [0, 0.05) is 11.3 Å². The van der Waals surface area contributed by atoms with Gasteiger partial charge in [0.15, 0.2) is 5.11 Å². The van der Waals surface area contributed by atoms with Crippen LogP contribution in [0.5, 0.6) is 5.75 Å². The van der Waals surface area contributed by atoms with Gasteiger partial charge in [0.1, 0.15) is 11.6 Å². The van der Waals surface area contributed by atoms with Crippen molar-refractivity contribution in [3.63, 3.8) is 0 Å². The van der Waals surface area contributed by atoms with Crippen molar-refractivity contribution in [2.75, 3.05) is 5.32 Å². The summed E-state index contributed by atoms with van der Waals surface area (Å²) < 4.78 is 18.4. The summed E-state index contributed by atoms with van der Waals surface area (Å²) in [5.41, 5.74) is 1.03. The lowest BCUT2D eigenvalue weighted by atomic mass is 10.2. The summed E-state index contributed by atoms with van der Waals surface area (Å²) in [5.74, 6) is -0.0728. The van der Waals surface area contributed by atoms with Crippen LogP contribution in [0.2, 0.25) is 0 Å². The van der Waals surface area contributed by atoms with Gasteiger partial charge in [0.25, 0.3) is 5.91 Å². The zero-order chi connectivity index (χ0) is 16.8. The minimum atomic E-state index is -0.348. The number of rotatable bonds is 4. The van der Waals surface area contributed by atoms with Crippen molar-refractivity contribution in [1.29, 1.82) is 0 Å². The Bertz CT molecular complexity index is 702. The predicted octanol–water partition coefficient (Wildman–Crippen LogP) is 3.74. The maximum absolute atomic E-state index is 12.8. The molecule has 1 amide bonds. The SMILES string of the molecule is CC(C)Oc1cccc(C(=O)NC(=S)Nc2ccc(F)cc2)c1. The first-order valence-electron chi connectivity index (χ1n) is 7.08. The summed E-state index contributed by atoms with van der Waals surface area (Å²) in [7, 11) is 0. The molecule has 2 N–H and O–H groups in total. The largest absolute Gasteiger partial charge is 0.491 e. The van der Waals surface area contributed by atoms with Crippen LogP contribution in [0.25, 0.3) is 0 Å². The van der Waals surface area contributed by atoms with Crippen molar-refractivity contribution in [3.05, 3.63) is 59.9 Å². The Morgan fingerprint density at radius 2 is 1.87 bits per heavy atom. The Hall–Kier alpha value is -2.47. The molecule has 2 aromatic carbocycles. The van der Waals surface area contributed by atoms with E-state index in [1.165, 1.54) is 24.3 Å². The Balaban J connectivity index is 1.98. The number of benzene rings is 2. The summed E-state index contributed by atoms with van der Waals surface area (Å²) in [6.45, 7) is 3.82. The van der Waals surface area contributed by atoms with Gasteiger partial charge in [0.05, 0.1) is 6.10 Å². The molecule has 0 aromatic heterocycles. The first-order valence-corrected chi connectivity index (χ1v) is 7.49. The van der Waals surface area contributed by atoms with Gasteiger partial charge in [-0.3, -0.25) is 10.1 Å². The van der Waals surface area contributed by atoms with Crippen LogP contribution in [-0.2, 0) is 0 Å². The molecule has 0 aliphatic heterocycles. The molecule has 0 aliphatic carbocycles. The van der Waals surface area contributed by atoms with Gasteiger partial charge in [0.2, 0.25) is 0 Å². The van der Waals surface area contributed by atoms with Gasteiger partial charge >= 0.3 is 0 Å². The fourth-order valence-corrected chi connectivity index (χ4v) is 2.06. The van der Waals surface area contributed by atoms with Gasteiger partial charge < -0.3 is 10.1 Å². The van der Waals surface area contributed by atoms with Crippen LogP contribution in [0.1, 0.15) is 24.2 Å². The van der Waals surface area contributed by atoms with Crippen molar-refractivity contribution in [2.45, 2.75) is 20.0 Å². The van der Waals surface area contributed by atoms with E-state index in [1.54, 1.807) is 24.3 Å². The van der Waals surface area contributed by atoms with E-state index in [0.29, 0.717) is 17.0 Å². The number of hydrogen-bond acceptors (Lipinski definition) is 3. The minimum Gasteiger partial charge on any atom is -0.491 e. The zero-order valence-corrected chi connectivity index (χ0v) is 13.6. The number of halogens is 1. The fraction of sp³-hybridized carbons (Fsp3) is 0.176. The average Bonchev–Trinajstić information content (AvgIpc) is 2.49. The van der Waals surface area contributed by atoms with E-state index in [1.807, 2.05) is 13.8 Å². The van der Waals surface area contributed by atoms with E-state index in [0.717, 1.165) is 0 Å². The number of thiocarbonyl (C=S) groups is 1. The molecule has 0 saturated heterocycles. The molecular formula is C17H17FN2O2S. The maximum Gasteiger partial charge on any atom is 0.257 e. The molecule has 0 aliphatic rings. The Labute approximate surface area is 139 Å². The van der Waals surface area contributed by atoms with E-state index in [-0.39, 0.29) is 22.9 Å². The summed E-state index contributed by atoms with van der Waals surface area (Å²) in [6, 6.07) is 12.5. The highest BCUT2D eigenvalue weighted by atomic mass is 32.1. The number of carbonyl (C=O) groups is 1. The third kappa shape index (κ3) is 5.34. The molecule has 0 fully saturated rings. The molecule has 120 valence electrons. The maximum atomic E-state index is 12.8. The van der Waals surface area contributed by atoms with E-state index in [9.17, 15) is 9.18 Å². The van der Waals surface area contributed by atoms with Crippen LogP contribution < -0.4 is 15.4 Å². The summed E-state index contributed by atoms with van der Waals surface area (Å²) in [6.07, 6.45) is 0.0227. The Morgan fingerprint density at radius 1 is 1.17 bits per heavy atom. The van der Waals surface area contributed by atoms with Crippen LogP contribution in [0.15, 0.2) is 48.5 Å². The molecular weight excluding hydrogens is 315 g/mol. The molecule has 0 saturated carbocycles. The van der Waals surface area contributed by atoms with Gasteiger partial charge in [-0.25, -0.2) is 4.39 Å². The van der Waals surface area contributed by atoms with Crippen molar-refractivity contribution in [2.24, 2.45) is 0 Å². The molecule has 0 bridgehead atoms. The lowest BCUT2D eigenvalue weighted by Gasteiger charge is -2.12. The molecule has 0 atom stereocenters. The number of carbonyl (C=O) groups excluding carboxylic acids is 1. The van der Waals surface area contributed by atoms with Crippen molar-refractivity contribution in [3.8, 4) is 5.75 Å². The van der Waals surface area contributed by atoms with Crippen LogP contribution >= 0.6 is 12.2 Å². The fourth-order valence-electron chi connectivity index (χ4n) is 1.85. The van der Waals surface area contributed by atoms with Gasteiger partial charge in [-0.15, -0.1) is 0 Å². The molecule has 2 aromatic rings. The second kappa shape index (κ2) is 7.69. The molecule has 0 spiro atoms. The molecule has 0 unspecified atom stereocenters. The monoisotopic (exact) mass is 332 g/mol. The van der Waals surface area contributed by atoms with E-state index in [2.05, 4.69) is 10.6 Å². The number of nitrogens with one attached hydrogen (secondary N) is 2. The zero-order valence-electron chi connectivity index (χ0n) is 12.8. The minimum absolute atomic E-state index is 0.0227. The third-order valence-corrected chi connectivity index (χ3v) is 3.00. The van der Waals surface area contributed by atoms with Crippen LogP contribution in [0, 0.1) is 5.82 Å². The van der Waals surface area contributed by atoms with Gasteiger partial charge in [-0.1, -0.05) is 6.07 Å². The highest BCUT2D eigenvalue weighted by Gasteiger charge is 2.09. The van der Waals surface area contributed by atoms with E-state index >= 15 is 0 Å². The van der Waals surface area contributed by atoms with E-state index in [4.69, 9.17) is 17.0 Å². The lowest BCUT2D eigenvalue weighted by Crippen LogP contribution is -2.34. The van der Waals surface area contributed by atoms with E-state index < -0.39 is 0 Å². The number of hydrogen-bond donors (Lipinski definition) is 2. The Kier molecular flexibility index (Phi) is 5.65. The van der Waals surface area contributed by atoms with Gasteiger partial charge in [-0.2, -0.15) is 0 Å². The predicted molar refractivity (Wildman–Crippen MR) is 92.3 cm³/mol. The average molecular weight is 332 g/mol. The second-order valence-electron chi connectivity index (χ2n) is 5.11. The quantitative estimate of drug-likeness (QED) is 0.838. The molecule has 4 nitrogen and oxygen atoms in total. The van der Waals surface area contributed by atoms with Crippen molar-refractivity contribution < 1.29 is 13.9 Å². The standard InChI is InChI=1S/C17H17FN2O2S/c1-11(2)22-15-5-3-4-12(10-15)16(21)20-17(23)19-14-8-6-13(18)7-9-14/h3-11H,1-2H3,(H2,19,20,21,23). The smallest absolute Gasteiger partial charge is 0.257 e. The molecule has 0 radical (unpaired) electrons. The first-order chi connectivity index (χ1) is 10.9. The van der Waals surface area contributed by atoms with Crippen LogP contribution in [-0.4, -0.2) is 17.1 Å². The van der Waals surface area contributed by atoms with Crippen LogP contribution in [0.4, 0.5) is 10.1 Å². The lowest BCUT2D eigenvalue weighted by molar-refractivity contribution is 0.0977. The number of amides is 1. The molecule has 23 heavy (non-hydrogen) atoms. The molecule has 6 heteroatoms. The molecule has 2 rings (SSSR count). The summed E-state index contributed by atoms with van der Waals surface area (Å²) in [5, 5.41) is 5.53. The van der Waals surface area contributed by atoms with Crippen molar-refractivity contribution >= 4 is 28.9 Å². The summed E-state index contributed by atoms with van der Waals surface area (Å²) >= 11 is 5.08. The number of ether oxygens (including phenoxy) is 1. The van der Waals surface area contributed by atoms with Crippen LogP contribution in [0.3, 0.4) is 0 Å². The molecule has 0 heterocycles. The first kappa shape index (κ1) is 16.9. The van der Waals surface area contributed by atoms with Gasteiger partial charge in [-0.05, 0) is 68.5 Å². The number of anilines is 1. The highest BCUT2D eigenvalue weighted by Crippen LogP contribution is 2.15. The Morgan fingerprint density at radius 3 is 2.52 bits per heavy atom. The van der Waals surface area contributed by atoms with Crippen molar-refractivity contribution in [1.82, 2.24) is 5.32 Å². The highest BCUT2D eigenvalue weighted by molar-refractivity contribution is 7.80. The summed E-state index contributed by atoms with van der Waals surface area (Å²) in [4.78, 5) is 12.2. The normalized spacial score (nSPS) is 10.3. The topological polar surface area (TPSA) is 50.4 Å².